The van der Waals surface area contributed by atoms with E-state index in [4.69, 9.17) is 0 Å². The maximum Gasteiger partial charge on any atom is 0.317 e. The van der Waals surface area contributed by atoms with E-state index in [2.05, 4.69) is 10.6 Å². The number of nitrogens with one attached hydrogen (secondary N) is 2. The fraction of sp³-hybridized carbons (Fsp3) is 0.833. The monoisotopic (exact) mass is 254 g/mol. The van der Waals surface area contributed by atoms with Crippen LogP contribution in [0.1, 0.15) is 25.7 Å². The van der Waals surface area contributed by atoms with Crippen LogP contribution < -0.4 is 10.6 Å². The number of hydrogen-bond acceptors (Lipinski definition) is 2. The Morgan fingerprint density at radius 3 is 2.39 bits per heavy atom. The van der Waals surface area contributed by atoms with Gasteiger partial charge in [-0.1, -0.05) is 0 Å². The molecule has 2 saturated heterocycles. The summed E-state index contributed by atoms with van der Waals surface area (Å²) in [4.78, 5) is 27.1. The van der Waals surface area contributed by atoms with Gasteiger partial charge in [0.25, 0.3) is 0 Å². The van der Waals surface area contributed by atoms with Gasteiger partial charge in [0.05, 0.1) is 0 Å². The van der Waals surface area contributed by atoms with E-state index in [1.165, 1.54) is 6.42 Å². The normalized spacial score (nSPS) is 23.9. The Hall–Kier alpha value is -1.46. The number of urea groups is 2. The molecule has 4 amide bonds. The van der Waals surface area contributed by atoms with Crippen molar-refractivity contribution in [3.8, 4) is 0 Å². The summed E-state index contributed by atoms with van der Waals surface area (Å²) >= 11 is 0. The minimum Gasteiger partial charge on any atom is -0.341 e. The van der Waals surface area contributed by atoms with E-state index in [1.807, 2.05) is 4.90 Å². The first-order valence-corrected chi connectivity index (χ1v) is 6.73. The van der Waals surface area contributed by atoms with Gasteiger partial charge in [-0.3, -0.25) is 0 Å². The summed E-state index contributed by atoms with van der Waals surface area (Å²) in [7, 11) is 1.63. The highest BCUT2D eigenvalue weighted by Gasteiger charge is 2.28. The maximum absolute atomic E-state index is 12.0. The molecular formula is C12H22N4O2. The minimum atomic E-state index is -0.0651. The molecule has 2 rings (SSSR count). The van der Waals surface area contributed by atoms with Crippen molar-refractivity contribution in [2.45, 2.75) is 31.7 Å². The predicted molar refractivity (Wildman–Crippen MR) is 68.4 cm³/mol. The Balaban J connectivity index is 1.76. The van der Waals surface area contributed by atoms with E-state index in [0.29, 0.717) is 13.1 Å². The number of likely N-dealkylation sites (tertiary alicyclic amines) is 2. The molecule has 2 fully saturated rings. The second-order valence-corrected chi connectivity index (χ2v) is 4.98. The molecule has 6 heteroatoms. The number of carbonyl (C=O) groups is 2. The van der Waals surface area contributed by atoms with Crippen LogP contribution in [0, 0.1) is 0 Å². The highest BCUT2D eigenvalue weighted by atomic mass is 16.2. The van der Waals surface area contributed by atoms with Gasteiger partial charge in [0.15, 0.2) is 0 Å². The Morgan fingerprint density at radius 2 is 1.72 bits per heavy atom. The van der Waals surface area contributed by atoms with Crippen molar-refractivity contribution in [3.63, 3.8) is 0 Å². The summed E-state index contributed by atoms with van der Waals surface area (Å²) < 4.78 is 0. The van der Waals surface area contributed by atoms with E-state index in [0.717, 1.165) is 32.4 Å². The van der Waals surface area contributed by atoms with Crippen molar-refractivity contribution in [3.05, 3.63) is 0 Å². The first-order chi connectivity index (χ1) is 8.70. The Labute approximate surface area is 108 Å². The topological polar surface area (TPSA) is 64.7 Å². The summed E-state index contributed by atoms with van der Waals surface area (Å²) in [6.45, 7) is 3.04. The van der Waals surface area contributed by atoms with Crippen LogP contribution in [-0.4, -0.2) is 61.1 Å². The van der Waals surface area contributed by atoms with Gasteiger partial charge in [-0.15, -0.1) is 0 Å². The van der Waals surface area contributed by atoms with Crippen LogP contribution in [0.2, 0.25) is 0 Å². The van der Waals surface area contributed by atoms with E-state index >= 15 is 0 Å². The molecule has 0 aromatic heterocycles. The minimum absolute atomic E-state index is 0.0263. The van der Waals surface area contributed by atoms with E-state index < -0.39 is 0 Å². The molecule has 2 aliphatic heterocycles. The molecule has 102 valence electrons. The van der Waals surface area contributed by atoms with Crippen LogP contribution in [0.5, 0.6) is 0 Å². The molecule has 2 N–H and O–H groups in total. The van der Waals surface area contributed by atoms with Gasteiger partial charge in [-0.25, -0.2) is 9.59 Å². The zero-order valence-electron chi connectivity index (χ0n) is 10.9. The van der Waals surface area contributed by atoms with Crippen LogP contribution in [0.3, 0.4) is 0 Å². The number of nitrogens with zero attached hydrogens (tertiary/aromatic N) is 2. The lowest BCUT2D eigenvalue weighted by Gasteiger charge is -2.28. The van der Waals surface area contributed by atoms with Gasteiger partial charge in [-0.2, -0.15) is 0 Å². The lowest BCUT2D eigenvalue weighted by molar-refractivity contribution is 0.181. The van der Waals surface area contributed by atoms with Crippen molar-refractivity contribution >= 4 is 12.1 Å². The maximum atomic E-state index is 12.0. The molecule has 0 aromatic carbocycles. The fourth-order valence-electron chi connectivity index (χ4n) is 2.58. The standard InChI is InChI=1S/C12H22N4O2/c1-13-11(17)16-8-5-10(9-16)14-12(18)15-6-3-2-4-7-15/h10H,2-9H2,1H3,(H,13,17)(H,14,18)/t10-/m1/s1. The average Bonchev–Trinajstić information content (AvgIpc) is 2.87. The number of carbonyl (C=O) groups excluding carboxylic acids is 2. The van der Waals surface area contributed by atoms with Crippen molar-refractivity contribution in [1.29, 1.82) is 0 Å². The zero-order valence-corrected chi connectivity index (χ0v) is 10.9. The second kappa shape index (κ2) is 5.93. The van der Waals surface area contributed by atoms with Crippen molar-refractivity contribution < 1.29 is 9.59 Å². The quantitative estimate of drug-likeness (QED) is 0.719. The molecule has 0 aromatic rings. The molecule has 0 aliphatic carbocycles. The van der Waals surface area contributed by atoms with Crippen LogP contribution in [0.25, 0.3) is 0 Å². The molecule has 1 atom stereocenters. The van der Waals surface area contributed by atoms with Crippen LogP contribution in [-0.2, 0) is 0 Å². The van der Waals surface area contributed by atoms with Gasteiger partial charge in [0, 0.05) is 39.3 Å². The van der Waals surface area contributed by atoms with Gasteiger partial charge in [0.2, 0.25) is 0 Å². The van der Waals surface area contributed by atoms with Gasteiger partial charge >= 0.3 is 12.1 Å². The molecule has 2 aliphatic rings. The summed E-state index contributed by atoms with van der Waals surface area (Å²) in [5.41, 5.74) is 0. The molecule has 0 bridgehead atoms. The third-order valence-corrected chi connectivity index (χ3v) is 3.66. The van der Waals surface area contributed by atoms with Crippen molar-refractivity contribution in [2.24, 2.45) is 0 Å². The third-order valence-electron chi connectivity index (χ3n) is 3.66. The summed E-state index contributed by atoms with van der Waals surface area (Å²) in [6.07, 6.45) is 4.26. The second-order valence-electron chi connectivity index (χ2n) is 4.98. The summed E-state index contributed by atoms with van der Waals surface area (Å²) in [5, 5.41) is 5.63. The molecule has 0 radical (unpaired) electrons. The fourth-order valence-corrected chi connectivity index (χ4v) is 2.58. The molecule has 18 heavy (non-hydrogen) atoms. The Bertz CT molecular complexity index is 315. The Kier molecular flexibility index (Phi) is 4.28. The number of hydrogen-bond donors (Lipinski definition) is 2. The number of rotatable bonds is 1. The van der Waals surface area contributed by atoms with Gasteiger partial charge in [-0.05, 0) is 25.7 Å². The van der Waals surface area contributed by atoms with E-state index in [1.54, 1.807) is 11.9 Å². The highest BCUT2D eigenvalue weighted by Crippen LogP contribution is 2.12. The lowest BCUT2D eigenvalue weighted by atomic mass is 10.1. The molecule has 0 spiro atoms. The van der Waals surface area contributed by atoms with E-state index in [9.17, 15) is 9.59 Å². The lowest BCUT2D eigenvalue weighted by Crippen LogP contribution is -2.48. The van der Waals surface area contributed by atoms with Crippen LogP contribution in [0.4, 0.5) is 9.59 Å². The summed E-state index contributed by atoms with van der Waals surface area (Å²) in [6, 6.07) is 0.0555. The Morgan fingerprint density at radius 1 is 1.00 bits per heavy atom. The first-order valence-electron chi connectivity index (χ1n) is 6.73. The molecular weight excluding hydrogens is 232 g/mol. The average molecular weight is 254 g/mol. The smallest absolute Gasteiger partial charge is 0.317 e. The van der Waals surface area contributed by atoms with Gasteiger partial charge in [0.1, 0.15) is 0 Å². The largest absolute Gasteiger partial charge is 0.341 e. The zero-order chi connectivity index (χ0) is 13.0. The number of piperidine rings is 1. The SMILES string of the molecule is CNC(=O)N1CC[C@@H](NC(=O)N2CCCCC2)C1. The third kappa shape index (κ3) is 3.05. The molecule has 6 nitrogen and oxygen atoms in total. The van der Waals surface area contributed by atoms with Crippen molar-refractivity contribution in [1.82, 2.24) is 20.4 Å². The molecule has 0 saturated carbocycles. The molecule has 0 unspecified atom stereocenters. The van der Waals surface area contributed by atoms with E-state index in [-0.39, 0.29) is 18.1 Å². The predicted octanol–water partition coefficient (Wildman–Crippen LogP) is 0.596. The van der Waals surface area contributed by atoms with Crippen molar-refractivity contribution in [2.75, 3.05) is 33.2 Å². The van der Waals surface area contributed by atoms with Gasteiger partial charge < -0.3 is 20.4 Å². The molecule has 2 heterocycles. The number of amides is 4. The first kappa shape index (κ1) is 13.0. The summed E-state index contributed by atoms with van der Waals surface area (Å²) in [5.74, 6) is 0. The highest BCUT2D eigenvalue weighted by molar-refractivity contribution is 5.76. The van der Waals surface area contributed by atoms with Crippen LogP contribution >= 0.6 is 0 Å². The van der Waals surface area contributed by atoms with Crippen LogP contribution in [0.15, 0.2) is 0 Å².